The molecule has 0 fully saturated rings. The Morgan fingerprint density at radius 2 is 0.767 bits per heavy atom. The average molecular weight is 929 g/mol. The minimum Gasteiger partial charge on any atom is -0.308 e. The molecule has 0 bridgehead atoms. The summed E-state index contributed by atoms with van der Waals surface area (Å²) in [5, 5.41) is 32.3. The molecule has 0 unspecified atom stereocenters. The standard InChI is InChI=1S/C63H32N10/c1-67-51-22-18-43(19-23-51)47-21-25-59-57(32-47)56-31-46(42-16-14-39(36-64)15-17-42)20-24-58(56)73(59)60-54(48-27-40(37-65)26-41(28-48)38-66)33-50(34-55(60)49-29-52(68-2)35-53(30-49)69-3)63-71-61(44-10-6-4-7-11-44)70-62(72-63)45-12-8-5-9-13-45/h4-35H. The molecule has 0 spiro atoms. The number of hydrogen-bond donors (Lipinski definition) is 0. The highest BCUT2D eigenvalue weighted by Gasteiger charge is 2.25. The van der Waals surface area contributed by atoms with Crippen LogP contribution >= 0.6 is 0 Å². The van der Waals surface area contributed by atoms with Gasteiger partial charge in [0.05, 0.1) is 71.3 Å². The third kappa shape index (κ3) is 8.31. The van der Waals surface area contributed by atoms with Crippen molar-refractivity contribution < 1.29 is 0 Å². The first-order valence-corrected chi connectivity index (χ1v) is 22.8. The molecule has 10 nitrogen and oxygen atoms in total. The van der Waals surface area contributed by atoms with E-state index < -0.39 is 0 Å². The van der Waals surface area contributed by atoms with Gasteiger partial charge in [-0.15, -0.1) is 0 Å². The molecule has 2 aromatic heterocycles. The van der Waals surface area contributed by atoms with Crippen molar-refractivity contribution in [3.63, 3.8) is 0 Å². The van der Waals surface area contributed by atoms with Crippen LogP contribution in [0.1, 0.15) is 16.7 Å². The van der Waals surface area contributed by atoms with Gasteiger partial charge in [-0.1, -0.05) is 127 Å². The van der Waals surface area contributed by atoms with Crippen molar-refractivity contribution in [1.29, 1.82) is 15.8 Å². The predicted octanol–water partition coefficient (Wildman–Crippen LogP) is 15.9. The molecular weight excluding hydrogens is 897 g/mol. The number of nitrogens with zero attached hydrogens (tertiary/aromatic N) is 10. The van der Waals surface area contributed by atoms with Gasteiger partial charge in [0.25, 0.3) is 0 Å². The predicted molar refractivity (Wildman–Crippen MR) is 285 cm³/mol. The van der Waals surface area contributed by atoms with E-state index in [1.54, 1.807) is 60.7 Å². The summed E-state index contributed by atoms with van der Waals surface area (Å²) < 4.78 is 2.17. The SMILES string of the molecule is [C-]#[N+]c1ccc(-c2ccc3c(c2)c2cc(-c4ccc(C#N)cc4)ccc2n3-c2c(-c3cc(C#N)cc(C#N)c3)cc(-c3nc(-c4ccccc4)nc(-c4ccccc4)n3)cc2-c2cc([N+]#[C-])cc([N+]#[C-])c2)cc1. The molecule has 0 amide bonds. The first kappa shape index (κ1) is 44.2. The van der Waals surface area contributed by atoms with E-state index in [9.17, 15) is 15.8 Å². The second kappa shape index (κ2) is 18.7. The van der Waals surface area contributed by atoms with Crippen LogP contribution < -0.4 is 0 Å². The average Bonchev–Trinajstić information content (AvgIpc) is 3.79. The van der Waals surface area contributed by atoms with Gasteiger partial charge in [-0.25, -0.2) is 29.5 Å². The van der Waals surface area contributed by atoms with Crippen LogP contribution in [0.5, 0.6) is 0 Å². The first-order chi connectivity index (χ1) is 35.8. The zero-order valence-corrected chi connectivity index (χ0v) is 38.4. The van der Waals surface area contributed by atoms with Crippen molar-refractivity contribution in [2.75, 3.05) is 0 Å². The fourth-order valence-electron chi connectivity index (χ4n) is 9.26. The van der Waals surface area contributed by atoms with Crippen molar-refractivity contribution in [2.45, 2.75) is 0 Å². The molecule has 0 aliphatic heterocycles. The molecule has 334 valence electrons. The van der Waals surface area contributed by atoms with Crippen LogP contribution in [0.2, 0.25) is 0 Å². The molecule has 0 atom stereocenters. The molecule has 0 radical (unpaired) electrons. The highest BCUT2D eigenvalue weighted by molar-refractivity contribution is 6.13. The first-order valence-electron chi connectivity index (χ1n) is 22.8. The molecule has 73 heavy (non-hydrogen) atoms. The van der Waals surface area contributed by atoms with E-state index in [1.165, 1.54) is 0 Å². The Labute approximate surface area is 420 Å². The molecule has 10 heteroatoms. The number of fused-ring (bicyclic) bond motifs is 3. The number of hydrogen-bond acceptors (Lipinski definition) is 6. The molecule has 11 rings (SSSR count). The Bertz CT molecular complexity index is 3970. The lowest BCUT2D eigenvalue weighted by Crippen LogP contribution is -2.04. The van der Waals surface area contributed by atoms with Crippen LogP contribution in [-0.4, -0.2) is 19.5 Å². The quantitative estimate of drug-likeness (QED) is 0.140. The van der Waals surface area contributed by atoms with Crippen molar-refractivity contribution >= 4 is 38.9 Å². The van der Waals surface area contributed by atoms with Crippen LogP contribution in [0.25, 0.3) is 121 Å². The normalized spacial score (nSPS) is 10.7. The molecule has 0 aliphatic rings. The Morgan fingerprint density at radius 1 is 0.342 bits per heavy atom. The van der Waals surface area contributed by atoms with E-state index in [0.29, 0.717) is 62.2 Å². The zero-order valence-electron chi connectivity index (χ0n) is 38.4. The van der Waals surface area contributed by atoms with Gasteiger partial charge in [-0.2, -0.15) is 15.8 Å². The Balaban J connectivity index is 1.30. The highest BCUT2D eigenvalue weighted by Crippen LogP contribution is 2.47. The smallest absolute Gasteiger partial charge is 0.187 e. The van der Waals surface area contributed by atoms with Crippen LogP contribution in [0, 0.1) is 53.7 Å². The minimum atomic E-state index is 0.265. The number of benzene rings is 9. The summed E-state index contributed by atoms with van der Waals surface area (Å²) in [5.41, 5.74) is 12.6. The molecule has 9 aromatic carbocycles. The van der Waals surface area contributed by atoms with Gasteiger partial charge in [0, 0.05) is 38.6 Å². The summed E-state index contributed by atoms with van der Waals surface area (Å²) in [4.78, 5) is 26.5. The second-order valence-electron chi connectivity index (χ2n) is 17.1. The van der Waals surface area contributed by atoms with Gasteiger partial charge in [-0.05, 0) is 100 Å². The maximum atomic E-state index is 10.4. The van der Waals surface area contributed by atoms with E-state index >= 15 is 0 Å². The van der Waals surface area contributed by atoms with E-state index in [4.69, 9.17) is 34.7 Å². The van der Waals surface area contributed by atoms with Crippen molar-refractivity contribution in [2.24, 2.45) is 0 Å². The molecule has 0 saturated carbocycles. The second-order valence-corrected chi connectivity index (χ2v) is 17.1. The fourth-order valence-corrected chi connectivity index (χ4v) is 9.26. The highest BCUT2D eigenvalue weighted by atomic mass is 15.0. The number of aromatic nitrogens is 4. The van der Waals surface area contributed by atoms with Crippen molar-refractivity contribution in [3.8, 4) is 103 Å². The molecule has 0 aliphatic carbocycles. The molecule has 11 aromatic rings. The van der Waals surface area contributed by atoms with Crippen LogP contribution in [0.4, 0.5) is 17.1 Å². The van der Waals surface area contributed by atoms with Crippen LogP contribution in [0.3, 0.4) is 0 Å². The van der Waals surface area contributed by atoms with Crippen molar-refractivity contribution in [3.05, 3.63) is 245 Å². The van der Waals surface area contributed by atoms with Gasteiger partial charge >= 0.3 is 0 Å². The monoisotopic (exact) mass is 928 g/mol. The van der Waals surface area contributed by atoms with E-state index in [0.717, 1.165) is 55.2 Å². The maximum Gasteiger partial charge on any atom is 0.187 e. The van der Waals surface area contributed by atoms with Gasteiger partial charge in [0.15, 0.2) is 34.5 Å². The summed E-state index contributed by atoms with van der Waals surface area (Å²) in [6.45, 7) is 23.9. The lowest BCUT2D eigenvalue weighted by Gasteiger charge is -2.22. The third-order valence-corrected chi connectivity index (χ3v) is 12.7. The summed E-state index contributed by atoms with van der Waals surface area (Å²) in [5.74, 6) is 1.23. The van der Waals surface area contributed by atoms with Gasteiger partial charge in [0.2, 0.25) is 0 Å². The van der Waals surface area contributed by atoms with Gasteiger partial charge < -0.3 is 4.57 Å². The molecule has 0 saturated heterocycles. The van der Waals surface area contributed by atoms with E-state index in [1.807, 2.05) is 109 Å². The van der Waals surface area contributed by atoms with Crippen LogP contribution in [-0.2, 0) is 0 Å². The largest absolute Gasteiger partial charge is 0.308 e. The van der Waals surface area contributed by atoms with E-state index in [2.05, 4.69) is 61.6 Å². The van der Waals surface area contributed by atoms with Crippen LogP contribution in [0.15, 0.2) is 194 Å². The van der Waals surface area contributed by atoms with Crippen molar-refractivity contribution in [1.82, 2.24) is 19.5 Å². The number of nitriles is 3. The summed E-state index contributed by atoms with van der Waals surface area (Å²) in [6.07, 6.45) is 0. The lowest BCUT2D eigenvalue weighted by atomic mass is 9.90. The lowest BCUT2D eigenvalue weighted by molar-refractivity contribution is 1.07. The number of rotatable bonds is 8. The van der Waals surface area contributed by atoms with Gasteiger partial charge in [-0.3, -0.25) is 0 Å². The zero-order chi connectivity index (χ0) is 50.0. The summed E-state index contributed by atoms with van der Waals surface area (Å²) in [6, 6.07) is 67.6. The maximum absolute atomic E-state index is 10.4. The molecule has 2 heterocycles. The molecular formula is C63H32N10. The third-order valence-electron chi connectivity index (χ3n) is 12.7. The Hall–Kier alpha value is -11.3. The Kier molecular flexibility index (Phi) is 11.3. The summed E-state index contributed by atoms with van der Waals surface area (Å²) in [7, 11) is 0. The van der Waals surface area contributed by atoms with E-state index in [-0.39, 0.29) is 22.5 Å². The minimum absolute atomic E-state index is 0.265. The Morgan fingerprint density at radius 3 is 1.22 bits per heavy atom. The topological polar surface area (TPSA) is 128 Å². The summed E-state index contributed by atoms with van der Waals surface area (Å²) >= 11 is 0. The molecule has 0 N–H and O–H groups in total. The van der Waals surface area contributed by atoms with Gasteiger partial charge in [0.1, 0.15) is 0 Å². The fraction of sp³-hybridized carbons (Fsp3) is 0.